The monoisotopic (exact) mass is 250 g/mol. The summed E-state index contributed by atoms with van der Waals surface area (Å²) in [6.07, 6.45) is -4.84. The Labute approximate surface area is 92.9 Å². The van der Waals surface area contributed by atoms with Crippen molar-refractivity contribution in [2.45, 2.75) is 11.8 Å². The Morgan fingerprint density at radius 3 is 2.53 bits per heavy atom. The van der Waals surface area contributed by atoms with Gasteiger partial charge in [-0.3, -0.25) is 0 Å². The number of esters is 1. The lowest BCUT2D eigenvalue weighted by Gasteiger charge is -2.14. The van der Waals surface area contributed by atoms with Crippen molar-refractivity contribution in [3.05, 3.63) is 30.1 Å². The molecule has 0 spiro atoms. The van der Waals surface area contributed by atoms with Gasteiger partial charge in [-0.05, 0) is 12.1 Å². The highest BCUT2D eigenvalue weighted by Crippen LogP contribution is 2.44. The van der Waals surface area contributed by atoms with E-state index in [1.165, 1.54) is 12.1 Å². The van der Waals surface area contributed by atoms with Gasteiger partial charge >= 0.3 is 12.1 Å². The first-order valence-corrected chi connectivity index (χ1v) is 4.54. The molecule has 0 aliphatic carbocycles. The van der Waals surface area contributed by atoms with E-state index in [0.29, 0.717) is 0 Å². The van der Waals surface area contributed by atoms with E-state index < -0.39 is 30.2 Å². The average molecular weight is 250 g/mol. The Hall–Kier alpha value is -1.63. The van der Waals surface area contributed by atoms with Crippen LogP contribution >= 0.6 is 0 Å². The topological polar surface area (TPSA) is 38.8 Å². The van der Waals surface area contributed by atoms with E-state index >= 15 is 0 Å². The lowest BCUT2D eigenvalue weighted by Crippen LogP contribution is -2.43. The minimum Gasteiger partial charge on any atom is -0.424 e. The summed E-state index contributed by atoms with van der Waals surface area (Å²) in [7, 11) is 0. The third-order valence-corrected chi connectivity index (χ3v) is 2.23. The van der Waals surface area contributed by atoms with E-state index in [0.717, 1.165) is 12.1 Å². The zero-order chi connectivity index (χ0) is 12.7. The minimum atomic E-state index is -4.84. The number of carbonyl (C=O) groups excluding carboxylic acids is 1. The van der Waals surface area contributed by atoms with Crippen LogP contribution in [0, 0.1) is 5.82 Å². The molecule has 1 fully saturated rings. The first-order valence-electron chi connectivity index (χ1n) is 4.54. The summed E-state index contributed by atoms with van der Waals surface area (Å²) < 4.78 is 58.6. The summed E-state index contributed by atoms with van der Waals surface area (Å²) in [5.41, 5.74) is -2.89. The largest absolute Gasteiger partial charge is 0.430 e. The van der Waals surface area contributed by atoms with Gasteiger partial charge in [0.2, 0.25) is 0 Å². The fourth-order valence-electron chi connectivity index (χ4n) is 1.19. The minimum absolute atomic E-state index is 0.297. The maximum Gasteiger partial charge on any atom is 0.430 e. The molecule has 1 saturated heterocycles. The van der Waals surface area contributed by atoms with Crippen LogP contribution in [0.4, 0.5) is 17.6 Å². The molecule has 1 heterocycles. The maximum atomic E-state index is 12.7. The summed E-state index contributed by atoms with van der Waals surface area (Å²) in [4.78, 5) is 11.3. The van der Waals surface area contributed by atoms with Crippen LogP contribution in [0.5, 0.6) is 5.75 Å². The van der Waals surface area contributed by atoms with Crippen molar-refractivity contribution < 1.29 is 31.8 Å². The molecule has 0 amide bonds. The quantitative estimate of drug-likeness (QED) is 0.349. The van der Waals surface area contributed by atoms with Crippen molar-refractivity contribution in [2.24, 2.45) is 0 Å². The highest BCUT2D eigenvalue weighted by molar-refractivity contribution is 5.85. The molecule has 0 radical (unpaired) electrons. The van der Waals surface area contributed by atoms with Gasteiger partial charge in [-0.1, -0.05) is 6.07 Å². The summed E-state index contributed by atoms with van der Waals surface area (Å²) in [5, 5.41) is 0. The maximum absolute atomic E-state index is 12.7. The average Bonchev–Trinajstić information content (AvgIpc) is 2.96. The summed E-state index contributed by atoms with van der Waals surface area (Å²) in [5.74, 6) is -2.60. The van der Waals surface area contributed by atoms with Crippen molar-refractivity contribution in [2.75, 3.05) is 6.61 Å². The fourth-order valence-corrected chi connectivity index (χ4v) is 1.19. The van der Waals surface area contributed by atoms with Crippen molar-refractivity contribution in [3.63, 3.8) is 0 Å². The smallest absolute Gasteiger partial charge is 0.424 e. The number of hydrogen-bond donors (Lipinski definition) is 0. The van der Waals surface area contributed by atoms with Gasteiger partial charge in [0.25, 0.3) is 5.60 Å². The molecule has 0 aromatic heterocycles. The van der Waals surface area contributed by atoms with Crippen LogP contribution in [0.1, 0.15) is 0 Å². The van der Waals surface area contributed by atoms with Gasteiger partial charge in [0.15, 0.2) is 0 Å². The summed E-state index contributed by atoms with van der Waals surface area (Å²) in [6.45, 7) is -0.773. The number of halogens is 4. The number of hydrogen-bond acceptors (Lipinski definition) is 3. The molecule has 0 bridgehead atoms. The Morgan fingerprint density at radius 1 is 1.41 bits per heavy atom. The molecule has 1 aromatic carbocycles. The van der Waals surface area contributed by atoms with Crippen molar-refractivity contribution >= 4 is 5.97 Å². The molecule has 1 aromatic rings. The molecule has 0 unspecified atom stereocenters. The van der Waals surface area contributed by atoms with E-state index in [4.69, 9.17) is 0 Å². The van der Waals surface area contributed by atoms with Crippen LogP contribution in [0.15, 0.2) is 24.3 Å². The van der Waals surface area contributed by atoms with Gasteiger partial charge in [0.1, 0.15) is 11.6 Å². The molecule has 0 N–H and O–H groups in total. The van der Waals surface area contributed by atoms with Crippen LogP contribution in [0.25, 0.3) is 0 Å². The predicted octanol–water partition coefficient (Wildman–Crippen LogP) is 2.06. The predicted molar refractivity (Wildman–Crippen MR) is 46.8 cm³/mol. The molecule has 17 heavy (non-hydrogen) atoms. The molecule has 1 atom stereocenters. The van der Waals surface area contributed by atoms with Gasteiger partial charge in [0, 0.05) is 6.07 Å². The molecule has 1 aliphatic rings. The van der Waals surface area contributed by atoms with Gasteiger partial charge in [-0.15, -0.1) is 0 Å². The summed E-state index contributed by atoms with van der Waals surface area (Å²) in [6, 6.07) is 4.27. The summed E-state index contributed by atoms with van der Waals surface area (Å²) >= 11 is 0. The van der Waals surface area contributed by atoms with Crippen molar-refractivity contribution in [3.8, 4) is 5.75 Å². The molecule has 2 rings (SSSR count). The Balaban J connectivity index is 2.13. The van der Waals surface area contributed by atoms with Crippen molar-refractivity contribution in [1.82, 2.24) is 0 Å². The Kier molecular flexibility index (Phi) is 2.57. The molecule has 7 heteroatoms. The normalized spacial score (nSPS) is 23.3. The van der Waals surface area contributed by atoms with Gasteiger partial charge in [-0.2, -0.15) is 13.2 Å². The van der Waals surface area contributed by atoms with Gasteiger partial charge in [0.05, 0.1) is 6.61 Å². The number of epoxide rings is 1. The SMILES string of the molecule is O=C(Oc1cccc(F)c1)[C@@]1(C(F)(F)F)CO1. The van der Waals surface area contributed by atoms with Crippen LogP contribution in [-0.2, 0) is 9.53 Å². The standard InChI is InChI=1S/C10H6F4O3/c11-6-2-1-3-7(4-6)17-8(15)9(5-16-9)10(12,13)14/h1-4H,5H2/t9-/m1/s1. The first-order chi connectivity index (χ1) is 7.85. The highest BCUT2D eigenvalue weighted by atomic mass is 19.4. The van der Waals surface area contributed by atoms with Crippen LogP contribution in [0.3, 0.4) is 0 Å². The fraction of sp³-hybridized carbons (Fsp3) is 0.300. The van der Waals surface area contributed by atoms with Crippen LogP contribution < -0.4 is 4.74 Å². The lowest BCUT2D eigenvalue weighted by molar-refractivity contribution is -0.198. The van der Waals surface area contributed by atoms with E-state index in [-0.39, 0.29) is 5.75 Å². The van der Waals surface area contributed by atoms with Crippen molar-refractivity contribution in [1.29, 1.82) is 0 Å². The zero-order valence-corrected chi connectivity index (χ0v) is 8.25. The van der Waals surface area contributed by atoms with E-state index in [9.17, 15) is 22.4 Å². The molecular weight excluding hydrogens is 244 g/mol. The van der Waals surface area contributed by atoms with Crippen LogP contribution in [0.2, 0.25) is 0 Å². The molecule has 92 valence electrons. The molecule has 1 aliphatic heterocycles. The second-order valence-corrected chi connectivity index (χ2v) is 3.46. The van der Waals surface area contributed by atoms with E-state index in [2.05, 4.69) is 9.47 Å². The first kappa shape index (κ1) is 11.8. The van der Waals surface area contributed by atoms with Crippen LogP contribution in [-0.4, -0.2) is 24.4 Å². The Bertz CT molecular complexity index is 451. The van der Waals surface area contributed by atoms with Gasteiger partial charge < -0.3 is 9.47 Å². The molecular formula is C10H6F4O3. The lowest BCUT2D eigenvalue weighted by atomic mass is 10.1. The molecule has 3 nitrogen and oxygen atoms in total. The third-order valence-electron chi connectivity index (χ3n) is 2.23. The Morgan fingerprint density at radius 2 is 2.06 bits per heavy atom. The number of benzene rings is 1. The number of carbonyl (C=O) groups is 1. The second-order valence-electron chi connectivity index (χ2n) is 3.46. The van der Waals surface area contributed by atoms with Gasteiger partial charge in [-0.25, -0.2) is 9.18 Å². The second kappa shape index (κ2) is 3.69. The number of ether oxygens (including phenoxy) is 2. The van der Waals surface area contributed by atoms with E-state index in [1.807, 2.05) is 0 Å². The zero-order valence-electron chi connectivity index (χ0n) is 8.25. The number of alkyl halides is 3. The molecule has 0 saturated carbocycles. The number of rotatable bonds is 2. The highest BCUT2D eigenvalue weighted by Gasteiger charge is 2.73. The third kappa shape index (κ3) is 2.10. The van der Waals surface area contributed by atoms with E-state index in [1.54, 1.807) is 0 Å².